The van der Waals surface area contributed by atoms with Crippen molar-refractivity contribution < 1.29 is 5.11 Å². The fourth-order valence-electron chi connectivity index (χ4n) is 3.65. The smallest absolute Gasteiger partial charge is 0.211 e. The second-order valence-corrected chi connectivity index (χ2v) is 8.54. The van der Waals surface area contributed by atoms with Gasteiger partial charge in [-0.3, -0.25) is 4.57 Å². The van der Waals surface area contributed by atoms with E-state index < -0.39 is 0 Å². The van der Waals surface area contributed by atoms with Crippen LogP contribution in [0.2, 0.25) is 0 Å². The molecule has 1 aliphatic rings. The number of aromatic nitrogens is 1. The zero-order valence-electron chi connectivity index (χ0n) is 17.4. The molecule has 0 aliphatic carbocycles. The summed E-state index contributed by atoms with van der Waals surface area (Å²) < 4.78 is 1.91. The van der Waals surface area contributed by atoms with E-state index >= 15 is 0 Å². The van der Waals surface area contributed by atoms with Crippen LogP contribution in [-0.2, 0) is 13.0 Å². The predicted octanol–water partition coefficient (Wildman–Crippen LogP) is 4.24. The summed E-state index contributed by atoms with van der Waals surface area (Å²) in [6.45, 7) is 0.685. The summed E-state index contributed by atoms with van der Waals surface area (Å²) in [5, 5.41) is 12.9. The number of nitrogens with zero attached hydrogens (tertiary/aromatic N) is 4. The molecule has 158 valence electrons. The topological polar surface area (TPSA) is 62.2 Å². The van der Waals surface area contributed by atoms with Gasteiger partial charge < -0.3 is 5.11 Å². The van der Waals surface area contributed by atoms with Gasteiger partial charge in [-0.15, -0.1) is 0 Å². The van der Waals surface area contributed by atoms with Crippen molar-refractivity contribution >= 4 is 35.1 Å². The summed E-state index contributed by atoms with van der Waals surface area (Å²) in [7, 11) is 0. The maximum absolute atomic E-state index is 11.1. The van der Waals surface area contributed by atoms with Crippen molar-refractivity contribution in [3.05, 3.63) is 105 Å². The average Bonchev–Trinajstić information content (AvgIpc) is 3.40. The van der Waals surface area contributed by atoms with E-state index in [1.807, 2.05) is 65.2 Å². The van der Waals surface area contributed by atoms with Gasteiger partial charge in [-0.1, -0.05) is 65.9 Å². The summed E-state index contributed by atoms with van der Waals surface area (Å²) >= 11 is 1.48. The van der Waals surface area contributed by atoms with Crippen LogP contribution in [0.5, 0.6) is 5.88 Å². The van der Waals surface area contributed by atoms with Crippen molar-refractivity contribution in [1.82, 2.24) is 4.57 Å². The molecule has 5 rings (SSSR count). The molecule has 6 heteroatoms. The highest BCUT2D eigenvalue weighted by Gasteiger charge is 2.11. The molecule has 0 atom stereocenters. The first-order valence-corrected chi connectivity index (χ1v) is 11.4. The Morgan fingerprint density at radius 2 is 1.75 bits per heavy atom. The Bertz CT molecular complexity index is 1450. The fraction of sp³-hybridized carbons (Fsp3) is 0.115. The van der Waals surface area contributed by atoms with E-state index in [0.29, 0.717) is 6.54 Å². The summed E-state index contributed by atoms with van der Waals surface area (Å²) in [4.78, 5) is 14.9. The first kappa shape index (κ1) is 20.2. The van der Waals surface area contributed by atoms with Crippen LogP contribution in [0.3, 0.4) is 0 Å². The third kappa shape index (κ3) is 4.45. The minimum absolute atomic E-state index is 0.242. The molecule has 1 aromatic heterocycles. The fourth-order valence-corrected chi connectivity index (χ4v) is 4.68. The Balaban J connectivity index is 1.51. The lowest BCUT2D eigenvalue weighted by molar-refractivity contribution is 0.407. The molecule has 4 aromatic rings. The summed E-state index contributed by atoms with van der Waals surface area (Å²) in [5.41, 5.74) is 3.01. The van der Waals surface area contributed by atoms with E-state index in [1.54, 1.807) is 6.34 Å². The van der Waals surface area contributed by atoms with Crippen LogP contribution >= 0.6 is 11.3 Å². The van der Waals surface area contributed by atoms with Gasteiger partial charge >= 0.3 is 0 Å². The lowest BCUT2D eigenvalue weighted by Crippen LogP contribution is -2.14. The van der Waals surface area contributed by atoms with Crippen LogP contribution in [0.25, 0.3) is 6.08 Å². The lowest BCUT2D eigenvalue weighted by Gasteiger charge is -2.06. The maximum Gasteiger partial charge on any atom is 0.211 e. The van der Waals surface area contributed by atoms with Gasteiger partial charge in [0, 0.05) is 6.54 Å². The molecular formula is C26H22N4OS. The van der Waals surface area contributed by atoms with Crippen molar-refractivity contribution in [2.75, 3.05) is 0 Å². The largest absolute Gasteiger partial charge is 0.493 e. The molecule has 0 bridgehead atoms. The summed E-state index contributed by atoms with van der Waals surface area (Å²) in [6, 6.07) is 26.2. The zero-order chi connectivity index (χ0) is 21.8. The molecule has 0 saturated carbocycles. The minimum Gasteiger partial charge on any atom is -0.493 e. The number of benzene rings is 3. The highest BCUT2D eigenvalue weighted by atomic mass is 32.1. The molecule has 0 amide bonds. The Labute approximate surface area is 189 Å². The highest BCUT2D eigenvalue weighted by Crippen LogP contribution is 2.23. The first-order valence-electron chi connectivity index (χ1n) is 10.5. The summed E-state index contributed by atoms with van der Waals surface area (Å²) in [5.74, 6) is 0.242. The minimum atomic E-state index is 0.242. The molecule has 5 nitrogen and oxygen atoms in total. The van der Waals surface area contributed by atoms with E-state index in [0.717, 1.165) is 44.5 Å². The number of aromatic hydroxyl groups is 1. The molecule has 32 heavy (non-hydrogen) atoms. The number of hydrogen-bond acceptors (Lipinski definition) is 5. The van der Waals surface area contributed by atoms with Crippen molar-refractivity contribution in [1.29, 1.82) is 0 Å². The van der Waals surface area contributed by atoms with Crippen LogP contribution in [0.15, 0.2) is 93.8 Å². The van der Waals surface area contributed by atoms with Gasteiger partial charge in [-0.05, 0) is 54.0 Å². The van der Waals surface area contributed by atoms with Gasteiger partial charge in [-0.2, -0.15) is 0 Å². The first-order chi connectivity index (χ1) is 15.8. The second-order valence-electron chi connectivity index (χ2n) is 7.53. The van der Waals surface area contributed by atoms with Crippen molar-refractivity contribution in [3.63, 3.8) is 0 Å². The van der Waals surface area contributed by atoms with Crippen LogP contribution in [0.1, 0.15) is 16.9 Å². The Kier molecular flexibility index (Phi) is 5.77. The number of aryl methyl sites for hydroxylation is 1. The number of thiazole rings is 1. The molecule has 1 aliphatic heterocycles. The van der Waals surface area contributed by atoms with Crippen molar-refractivity contribution in [3.8, 4) is 5.88 Å². The van der Waals surface area contributed by atoms with Gasteiger partial charge in [0.05, 0.1) is 21.6 Å². The number of rotatable bonds is 6. The second kappa shape index (κ2) is 9.16. The lowest BCUT2D eigenvalue weighted by atomic mass is 10.1. The van der Waals surface area contributed by atoms with E-state index in [2.05, 4.69) is 34.3 Å². The normalized spacial score (nSPS) is 13.4. The predicted molar refractivity (Wildman–Crippen MR) is 129 cm³/mol. The van der Waals surface area contributed by atoms with E-state index in [-0.39, 0.29) is 5.88 Å². The molecule has 0 saturated heterocycles. The van der Waals surface area contributed by atoms with Crippen LogP contribution in [0.4, 0.5) is 11.4 Å². The maximum atomic E-state index is 11.1. The monoisotopic (exact) mass is 438 g/mol. The summed E-state index contributed by atoms with van der Waals surface area (Å²) in [6.07, 6.45) is 5.39. The van der Waals surface area contributed by atoms with Gasteiger partial charge in [-0.25, -0.2) is 15.0 Å². The molecule has 0 spiro atoms. The SMILES string of the molecule is Oc1c(C=c2ccc3c(c2)N=CN=3)sc(=Nc2ccccc2)n1CCCc1ccccc1. The highest BCUT2D eigenvalue weighted by molar-refractivity contribution is 7.10. The van der Waals surface area contributed by atoms with Crippen LogP contribution in [0, 0.1) is 0 Å². The van der Waals surface area contributed by atoms with Gasteiger partial charge in [0.2, 0.25) is 5.88 Å². The number of fused-ring (bicyclic) bond motifs is 1. The van der Waals surface area contributed by atoms with Crippen LogP contribution < -0.4 is 15.4 Å². The van der Waals surface area contributed by atoms with Crippen LogP contribution in [-0.4, -0.2) is 16.0 Å². The third-order valence-corrected chi connectivity index (χ3v) is 6.28. The molecule has 0 fully saturated rings. The van der Waals surface area contributed by atoms with E-state index in [4.69, 9.17) is 4.99 Å². The molecule has 1 N–H and O–H groups in total. The molecule has 3 aromatic carbocycles. The molecular weight excluding hydrogens is 416 g/mol. The number of aliphatic imine (C=N–C) groups is 1. The number of para-hydroxylation sites is 1. The van der Waals surface area contributed by atoms with Gasteiger partial charge in [0.15, 0.2) is 4.80 Å². The Hall–Kier alpha value is -3.77. The molecule has 0 unspecified atom stereocenters. The van der Waals surface area contributed by atoms with E-state index in [1.165, 1.54) is 16.9 Å². The van der Waals surface area contributed by atoms with E-state index in [9.17, 15) is 5.11 Å². The Morgan fingerprint density at radius 1 is 0.969 bits per heavy atom. The molecule has 2 heterocycles. The van der Waals surface area contributed by atoms with Crippen molar-refractivity contribution in [2.24, 2.45) is 15.0 Å². The van der Waals surface area contributed by atoms with Gasteiger partial charge in [0.1, 0.15) is 6.34 Å². The third-order valence-electron chi connectivity index (χ3n) is 5.27. The van der Waals surface area contributed by atoms with Gasteiger partial charge in [0.25, 0.3) is 0 Å². The average molecular weight is 439 g/mol. The van der Waals surface area contributed by atoms with Crippen molar-refractivity contribution in [2.45, 2.75) is 19.4 Å². The quantitative estimate of drug-likeness (QED) is 0.481. The number of hydrogen-bond donors (Lipinski definition) is 1. The molecule has 0 radical (unpaired) electrons. The Morgan fingerprint density at radius 3 is 2.56 bits per heavy atom. The zero-order valence-corrected chi connectivity index (χ0v) is 18.2. The standard InChI is InChI=1S/C26H22N4OS/c31-25-24(17-20-13-14-22-23(16-20)28-18-27-22)32-26(29-21-11-5-2-6-12-21)30(25)15-7-10-19-8-3-1-4-9-19/h1-6,8-9,11-14,16-18,31H,7,10,15H2.